The van der Waals surface area contributed by atoms with Crippen molar-refractivity contribution in [3.8, 4) is 11.5 Å². The van der Waals surface area contributed by atoms with E-state index in [0.717, 1.165) is 54.8 Å². The molecule has 0 saturated carbocycles. The van der Waals surface area contributed by atoms with Crippen molar-refractivity contribution < 1.29 is 14.0 Å². The number of nitrogens with zero attached hydrogens (tertiary/aromatic N) is 2. The van der Waals surface area contributed by atoms with Crippen LogP contribution < -0.4 is 20.1 Å². The van der Waals surface area contributed by atoms with Crippen LogP contribution in [0.25, 0.3) is 0 Å². The Morgan fingerprint density at radius 1 is 1.14 bits per heavy atom. The molecule has 1 heterocycles. The molecule has 2 rings (SSSR count). The van der Waals surface area contributed by atoms with Crippen LogP contribution in [0.3, 0.4) is 0 Å². The summed E-state index contributed by atoms with van der Waals surface area (Å²) in [5.41, 5.74) is 2.17. The van der Waals surface area contributed by atoms with Gasteiger partial charge < -0.3 is 24.6 Å². The molecule has 0 spiro atoms. The maximum Gasteiger partial charge on any atom is 0.191 e. The van der Waals surface area contributed by atoms with Crippen LogP contribution in [0, 0.1) is 0 Å². The molecule has 7 nitrogen and oxygen atoms in total. The Morgan fingerprint density at radius 2 is 1.93 bits per heavy atom. The molecule has 0 unspecified atom stereocenters. The molecule has 2 N–H and O–H groups in total. The molecule has 7 heteroatoms. The highest BCUT2D eigenvalue weighted by Crippen LogP contribution is 2.27. The van der Waals surface area contributed by atoms with E-state index in [-0.39, 0.29) is 0 Å². The lowest BCUT2D eigenvalue weighted by atomic mass is 10.1. The van der Waals surface area contributed by atoms with Gasteiger partial charge in [-0.2, -0.15) is 0 Å². The van der Waals surface area contributed by atoms with Gasteiger partial charge in [-0.1, -0.05) is 25.1 Å². The van der Waals surface area contributed by atoms with Gasteiger partial charge in [-0.3, -0.25) is 0 Å². The number of nitrogens with one attached hydrogen (secondary N) is 2. The number of rotatable bonds is 10. The summed E-state index contributed by atoms with van der Waals surface area (Å²) in [6, 6.07) is 8.00. The van der Waals surface area contributed by atoms with Crippen LogP contribution >= 0.6 is 0 Å². The standard InChI is InChI=1S/C21H32N4O3/c1-6-22-21(24-14-17-13-18(15(2)3)25-28-17)23-11-7-8-16-9-10-19(26-4)20(12-16)27-5/h9-10,12-13,15H,6-8,11,14H2,1-5H3,(H2,22,23,24). The van der Waals surface area contributed by atoms with Gasteiger partial charge in [-0.15, -0.1) is 0 Å². The maximum atomic E-state index is 5.36. The Balaban J connectivity index is 1.83. The van der Waals surface area contributed by atoms with Gasteiger partial charge in [0, 0.05) is 19.2 Å². The number of aryl methyl sites for hydroxylation is 1. The van der Waals surface area contributed by atoms with E-state index < -0.39 is 0 Å². The number of hydrogen-bond acceptors (Lipinski definition) is 5. The second kappa shape index (κ2) is 11.2. The summed E-state index contributed by atoms with van der Waals surface area (Å²) >= 11 is 0. The summed E-state index contributed by atoms with van der Waals surface area (Å²) < 4.78 is 16.0. The van der Waals surface area contributed by atoms with Crippen molar-refractivity contribution in [1.29, 1.82) is 0 Å². The topological polar surface area (TPSA) is 80.9 Å². The first-order valence-electron chi connectivity index (χ1n) is 9.75. The molecule has 0 aliphatic rings. The molecule has 1 aromatic heterocycles. The van der Waals surface area contributed by atoms with Crippen LogP contribution in [-0.2, 0) is 13.0 Å². The average molecular weight is 389 g/mol. The first kappa shape index (κ1) is 21.6. The van der Waals surface area contributed by atoms with Crippen LogP contribution in [0.5, 0.6) is 11.5 Å². The Bertz CT molecular complexity index is 756. The second-order valence-corrected chi connectivity index (χ2v) is 6.79. The lowest BCUT2D eigenvalue weighted by Crippen LogP contribution is -2.37. The van der Waals surface area contributed by atoms with E-state index in [2.05, 4.69) is 40.7 Å². The molecule has 2 aromatic rings. The fraction of sp³-hybridized carbons (Fsp3) is 0.524. The zero-order valence-corrected chi connectivity index (χ0v) is 17.5. The average Bonchev–Trinajstić information content (AvgIpc) is 3.18. The van der Waals surface area contributed by atoms with E-state index in [1.807, 2.05) is 25.1 Å². The lowest BCUT2D eigenvalue weighted by molar-refractivity contribution is 0.354. The molecule has 154 valence electrons. The minimum atomic E-state index is 0.351. The van der Waals surface area contributed by atoms with Crippen molar-refractivity contribution in [2.24, 2.45) is 4.99 Å². The van der Waals surface area contributed by atoms with Gasteiger partial charge in [0.1, 0.15) is 6.54 Å². The molecule has 1 aromatic carbocycles. The molecule has 0 bridgehead atoms. The Hall–Kier alpha value is -2.70. The minimum absolute atomic E-state index is 0.351. The summed E-state index contributed by atoms with van der Waals surface area (Å²) in [6.07, 6.45) is 1.91. The first-order chi connectivity index (χ1) is 13.6. The van der Waals surface area contributed by atoms with Gasteiger partial charge in [0.05, 0.1) is 19.9 Å². The van der Waals surface area contributed by atoms with Crippen LogP contribution in [0.2, 0.25) is 0 Å². The summed E-state index contributed by atoms with van der Waals surface area (Å²) in [7, 11) is 3.30. The lowest BCUT2D eigenvalue weighted by Gasteiger charge is -2.12. The zero-order valence-electron chi connectivity index (χ0n) is 17.5. The number of aliphatic imine (C=N–C) groups is 1. The quantitative estimate of drug-likeness (QED) is 0.368. The van der Waals surface area contributed by atoms with Crippen molar-refractivity contribution in [3.05, 3.63) is 41.3 Å². The molecular weight excluding hydrogens is 356 g/mol. The zero-order chi connectivity index (χ0) is 20.4. The maximum absolute atomic E-state index is 5.36. The van der Waals surface area contributed by atoms with Crippen LogP contribution in [-0.4, -0.2) is 38.4 Å². The number of aromatic nitrogens is 1. The van der Waals surface area contributed by atoms with Crippen molar-refractivity contribution in [1.82, 2.24) is 15.8 Å². The Labute approximate surface area is 167 Å². The highest BCUT2D eigenvalue weighted by Gasteiger charge is 2.08. The monoisotopic (exact) mass is 388 g/mol. The number of guanidine groups is 1. The predicted octanol–water partition coefficient (Wildman–Crippen LogP) is 3.50. The van der Waals surface area contributed by atoms with Crippen LogP contribution in [0.1, 0.15) is 50.1 Å². The SMILES string of the molecule is CCNC(=NCc1cc(C(C)C)no1)NCCCc1ccc(OC)c(OC)c1. The fourth-order valence-electron chi connectivity index (χ4n) is 2.71. The third-order valence-corrected chi connectivity index (χ3v) is 4.29. The molecule has 0 amide bonds. The molecule has 0 aliphatic heterocycles. The van der Waals surface area contributed by atoms with Gasteiger partial charge >= 0.3 is 0 Å². The highest BCUT2D eigenvalue weighted by atomic mass is 16.5. The van der Waals surface area contributed by atoms with Crippen molar-refractivity contribution in [2.75, 3.05) is 27.3 Å². The third-order valence-electron chi connectivity index (χ3n) is 4.29. The number of benzene rings is 1. The highest BCUT2D eigenvalue weighted by molar-refractivity contribution is 5.79. The van der Waals surface area contributed by atoms with Crippen molar-refractivity contribution >= 4 is 5.96 Å². The van der Waals surface area contributed by atoms with Crippen molar-refractivity contribution in [2.45, 2.75) is 46.1 Å². The molecule has 28 heavy (non-hydrogen) atoms. The molecule has 0 fully saturated rings. The largest absolute Gasteiger partial charge is 0.493 e. The van der Waals surface area contributed by atoms with Crippen molar-refractivity contribution in [3.63, 3.8) is 0 Å². The minimum Gasteiger partial charge on any atom is -0.493 e. The Morgan fingerprint density at radius 3 is 2.57 bits per heavy atom. The van der Waals surface area contributed by atoms with E-state index in [1.165, 1.54) is 5.56 Å². The summed E-state index contributed by atoms with van der Waals surface area (Å²) in [4.78, 5) is 4.58. The van der Waals surface area contributed by atoms with Gasteiger partial charge in [-0.05, 0) is 43.4 Å². The number of methoxy groups -OCH3 is 2. The fourth-order valence-corrected chi connectivity index (χ4v) is 2.71. The Kier molecular flexibility index (Phi) is 8.65. The molecule has 0 aliphatic carbocycles. The predicted molar refractivity (Wildman–Crippen MR) is 111 cm³/mol. The van der Waals surface area contributed by atoms with E-state index in [4.69, 9.17) is 14.0 Å². The summed E-state index contributed by atoms with van der Waals surface area (Å²) in [5, 5.41) is 10.7. The molecular formula is C21H32N4O3. The van der Waals surface area contributed by atoms with Gasteiger partial charge in [0.2, 0.25) is 0 Å². The molecule has 0 saturated heterocycles. The van der Waals surface area contributed by atoms with E-state index in [0.29, 0.717) is 12.5 Å². The molecule has 0 atom stereocenters. The second-order valence-electron chi connectivity index (χ2n) is 6.79. The van der Waals surface area contributed by atoms with E-state index >= 15 is 0 Å². The van der Waals surface area contributed by atoms with Crippen LogP contribution in [0.4, 0.5) is 0 Å². The third kappa shape index (κ3) is 6.48. The number of ether oxygens (including phenoxy) is 2. The normalized spacial score (nSPS) is 11.6. The summed E-state index contributed by atoms with van der Waals surface area (Å²) in [5.74, 6) is 3.41. The number of hydrogen-bond donors (Lipinski definition) is 2. The summed E-state index contributed by atoms with van der Waals surface area (Å²) in [6.45, 7) is 8.31. The smallest absolute Gasteiger partial charge is 0.191 e. The first-order valence-corrected chi connectivity index (χ1v) is 9.75. The van der Waals surface area contributed by atoms with Gasteiger partial charge in [-0.25, -0.2) is 4.99 Å². The van der Waals surface area contributed by atoms with E-state index in [1.54, 1.807) is 14.2 Å². The van der Waals surface area contributed by atoms with E-state index in [9.17, 15) is 0 Å². The van der Waals surface area contributed by atoms with Gasteiger partial charge in [0.25, 0.3) is 0 Å². The molecule has 0 radical (unpaired) electrons. The van der Waals surface area contributed by atoms with Crippen LogP contribution in [0.15, 0.2) is 33.8 Å². The van der Waals surface area contributed by atoms with Gasteiger partial charge in [0.15, 0.2) is 23.2 Å².